The standard InChI is InChI=1S/C20H36O4/c1-4-14-23-19(21)17-10-12-18(13-11-17)20(22)24-15-8-6-5-7-9-16(2)3/h16-18H,4-15H2,1-3H3. The zero-order valence-corrected chi connectivity index (χ0v) is 15.9. The van der Waals surface area contributed by atoms with Gasteiger partial charge in [-0.2, -0.15) is 0 Å². The Bertz CT molecular complexity index is 357. The van der Waals surface area contributed by atoms with Crippen LogP contribution < -0.4 is 0 Å². The molecule has 1 saturated carbocycles. The van der Waals surface area contributed by atoms with Gasteiger partial charge in [0.25, 0.3) is 0 Å². The molecule has 0 saturated heterocycles. The number of carbonyl (C=O) groups excluding carboxylic acids is 2. The molecule has 0 bridgehead atoms. The molecule has 0 spiro atoms. The molecule has 0 unspecified atom stereocenters. The molecule has 140 valence electrons. The zero-order valence-electron chi connectivity index (χ0n) is 15.9. The molecule has 0 N–H and O–H groups in total. The fraction of sp³-hybridized carbons (Fsp3) is 0.900. The van der Waals surface area contributed by atoms with Gasteiger partial charge in [0.2, 0.25) is 0 Å². The van der Waals surface area contributed by atoms with Crippen LogP contribution in [0.25, 0.3) is 0 Å². The maximum absolute atomic E-state index is 12.1. The van der Waals surface area contributed by atoms with Crippen LogP contribution in [0.4, 0.5) is 0 Å². The van der Waals surface area contributed by atoms with Crippen LogP contribution in [0.1, 0.15) is 85.0 Å². The molecule has 4 heteroatoms. The van der Waals surface area contributed by atoms with Crippen molar-refractivity contribution in [2.24, 2.45) is 17.8 Å². The Balaban J connectivity index is 2.07. The van der Waals surface area contributed by atoms with Crippen molar-refractivity contribution in [2.45, 2.75) is 85.0 Å². The SMILES string of the molecule is CCCOC(=O)C1CCC(C(=O)OCCCCCCC(C)C)CC1. The van der Waals surface area contributed by atoms with Crippen LogP contribution in [-0.4, -0.2) is 25.2 Å². The van der Waals surface area contributed by atoms with Crippen LogP contribution in [0, 0.1) is 17.8 Å². The normalized spacial score (nSPS) is 20.8. The number of ether oxygens (including phenoxy) is 2. The summed E-state index contributed by atoms with van der Waals surface area (Å²) in [5, 5.41) is 0. The van der Waals surface area contributed by atoms with Gasteiger partial charge < -0.3 is 9.47 Å². The highest BCUT2D eigenvalue weighted by molar-refractivity contribution is 5.75. The molecule has 0 aromatic heterocycles. The molecular formula is C20H36O4. The van der Waals surface area contributed by atoms with Crippen molar-refractivity contribution in [2.75, 3.05) is 13.2 Å². The van der Waals surface area contributed by atoms with Gasteiger partial charge in [0.1, 0.15) is 0 Å². The van der Waals surface area contributed by atoms with Gasteiger partial charge in [-0.1, -0.05) is 46.5 Å². The second-order valence-corrected chi connectivity index (χ2v) is 7.48. The van der Waals surface area contributed by atoms with Crippen molar-refractivity contribution in [3.63, 3.8) is 0 Å². The van der Waals surface area contributed by atoms with Gasteiger partial charge in [0.15, 0.2) is 0 Å². The van der Waals surface area contributed by atoms with Gasteiger partial charge in [-0.25, -0.2) is 0 Å². The van der Waals surface area contributed by atoms with E-state index in [-0.39, 0.29) is 23.8 Å². The van der Waals surface area contributed by atoms with Crippen molar-refractivity contribution < 1.29 is 19.1 Å². The van der Waals surface area contributed by atoms with E-state index in [4.69, 9.17) is 9.47 Å². The first-order chi connectivity index (χ1) is 11.5. The Kier molecular flexibility index (Phi) is 10.8. The lowest BCUT2D eigenvalue weighted by molar-refractivity contribution is -0.155. The summed E-state index contributed by atoms with van der Waals surface area (Å²) in [7, 11) is 0. The van der Waals surface area contributed by atoms with E-state index in [9.17, 15) is 9.59 Å². The summed E-state index contributed by atoms with van der Waals surface area (Å²) in [5.74, 6) is 0.558. The molecule has 1 rings (SSSR count). The highest BCUT2D eigenvalue weighted by Crippen LogP contribution is 2.30. The monoisotopic (exact) mass is 340 g/mol. The lowest BCUT2D eigenvalue weighted by atomic mass is 9.82. The third-order valence-electron chi connectivity index (χ3n) is 4.76. The minimum atomic E-state index is -0.0925. The fourth-order valence-corrected chi connectivity index (χ4v) is 3.18. The van der Waals surface area contributed by atoms with Gasteiger partial charge >= 0.3 is 11.9 Å². The van der Waals surface area contributed by atoms with E-state index in [2.05, 4.69) is 13.8 Å². The maximum atomic E-state index is 12.1. The number of hydrogen-bond acceptors (Lipinski definition) is 4. The zero-order chi connectivity index (χ0) is 17.8. The van der Waals surface area contributed by atoms with E-state index in [1.54, 1.807) is 0 Å². The first-order valence-corrected chi connectivity index (χ1v) is 9.87. The predicted octanol–water partition coefficient (Wildman–Crippen LogP) is 4.90. The Morgan fingerprint density at radius 3 is 1.83 bits per heavy atom. The summed E-state index contributed by atoms with van der Waals surface area (Å²) in [5.41, 5.74) is 0. The second kappa shape index (κ2) is 12.3. The van der Waals surface area contributed by atoms with Crippen LogP contribution in [0.2, 0.25) is 0 Å². The van der Waals surface area contributed by atoms with Crippen molar-refractivity contribution >= 4 is 11.9 Å². The van der Waals surface area contributed by atoms with Gasteiger partial charge in [-0.3, -0.25) is 9.59 Å². The van der Waals surface area contributed by atoms with Crippen LogP contribution in [0.15, 0.2) is 0 Å². The average molecular weight is 341 g/mol. The molecule has 0 amide bonds. The smallest absolute Gasteiger partial charge is 0.308 e. The summed E-state index contributed by atoms with van der Waals surface area (Å²) in [6.07, 6.45) is 9.71. The Labute approximate surface area is 147 Å². The molecule has 0 heterocycles. The molecule has 24 heavy (non-hydrogen) atoms. The molecule has 0 aromatic carbocycles. The number of hydrogen-bond donors (Lipinski definition) is 0. The molecule has 1 fully saturated rings. The third-order valence-corrected chi connectivity index (χ3v) is 4.76. The van der Waals surface area contributed by atoms with Crippen LogP contribution >= 0.6 is 0 Å². The number of unbranched alkanes of at least 4 members (excludes halogenated alkanes) is 3. The van der Waals surface area contributed by atoms with Gasteiger partial charge in [-0.05, 0) is 44.4 Å². The van der Waals surface area contributed by atoms with E-state index in [0.717, 1.165) is 50.9 Å². The van der Waals surface area contributed by atoms with E-state index < -0.39 is 0 Å². The van der Waals surface area contributed by atoms with Crippen LogP contribution in [0.5, 0.6) is 0 Å². The minimum absolute atomic E-state index is 0.0263. The van der Waals surface area contributed by atoms with Gasteiger partial charge in [-0.15, -0.1) is 0 Å². The highest BCUT2D eigenvalue weighted by Gasteiger charge is 2.31. The number of esters is 2. The first kappa shape index (κ1) is 21.0. The Hall–Kier alpha value is -1.06. The van der Waals surface area contributed by atoms with E-state index >= 15 is 0 Å². The molecule has 1 aliphatic rings. The van der Waals surface area contributed by atoms with Crippen molar-refractivity contribution in [3.8, 4) is 0 Å². The second-order valence-electron chi connectivity index (χ2n) is 7.48. The average Bonchev–Trinajstić information content (AvgIpc) is 2.58. The Morgan fingerprint density at radius 2 is 1.33 bits per heavy atom. The number of carbonyl (C=O) groups is 2. The third kappa shape index (κ3) is 8.70. The predicted molar refractivity (Wildman–Crippen MR) is 95.6 cm³/mol. The lowest BCUT2D eigenvalue weighted by Crippen LogP contribution is -2.28. The minimum Gasteiger partial charge on any atom is -0.465 e. The van der Waals surface area contributed by atoms with Crippen LogP contribution in [-0.2, 0) is 19.1 Å². The molecular weight excluding hydrogens is 304 g/mol. The largest absolute Gasteiger partial charge is 0.465 e. The molecule has 0 aliphatic heterocycles. The van der Waals surface area contributed by atoms with Gasteiger partial charge in [0, 0.05) is 0 Å². The summed E-state index contributed by atoms with van der Waals surface area (Å²) < 4.78 is 10.6. The molecule has 1 aliphatic carbocycles. The molecule has 4 nitrogen and oxygen atoms in total. The lowest BCUT2D eigenvalue weighted by Gasteiger charge is -2.25. The topological polar surface area (TPSA) is 52.6 Å². The van der Waals surface area contributed by atoms with Crippen molar-refractivity contribution in [1.82, 2.24) is 0 Å². The molecule has 0 aromatic rings. The van der Waals surface area contributed by atoms with Gasteiger partial charge in [0.05, 0.1) is 25.0 Å². The van der Waals surface area contributed by atoms with E-state index in [0.29, 0.717) is 13.2 Å². The van der Waals surface area contributed by atoms with Crippen molar-refractivity contribution in [1.29, 1.82) is 0 Å². The summed E-state index contributed by atoms with van der Waals surface area (Å²) >= 11 is 0. The highest BCUT2D eigenvalue weighted by atomic mass is 16.5. The van der Waals surface area contributed by atoms with Crippen molar-refractivity contribution in [3.05, 3.63) is 0 Å². The molecule has 0 radical (unpaired) electrons. The summed E-state index contributed by atoms with van der Waals surface area (Å²) in [6.45, 7) is 7.53. The van der Waals surface area contributed by atoms with E-state index in [1.807, 2.05) is 6.92 Å². The van der Waals surface area contributed by atoms with E-state index in [1.165, 1.54) is 19.3 Å². The molecule has 0 atom stereocenters. The summed E-state index contributed by atoms with van der Waals surface area (Å²) in [4.78, 5) is 23.9. The first-order valence-electron chi connectivity index (χ1n) is 9.87. The Morgan fingerprint density at radius 1 is 0.833 bits per heavy atom. The quantitative estimate of drug-likeness (QED) is 0.397. The van der Waals surface area contributed by atoms with Crippen LogP contribution in [0.3, 0.4) is 0 Å². The maximum Gasteiger partial charge on any atom is 0.308 e. The fourth-order valence-electron chi connectivity index (χ4n) is 3.18. The summed E-state index contributed by atoms with van der Waals surface area (Å²) in [6, 6.07) is 0. The number of rotatable bonds is 11.